The van der Waals surface area contributed by atoms with Gasteiger partial charge in [0.25, 0.3) is 0 Å². The second kappa shape index (κ2) is 9.31. The van der Waals surface area contributed by atoms with Gasteiger partial charge in [0.1, 0.15) is 11.9 Å². The molecule has 186 valence electrons. The summed E-state index contributed by atoms with van der Waals surface area (Å²) in [6, 6.07) is 0. The molecule has 1 saturated heterocycles. The standard InChI is InChI=1S/C27H43NO4S/c1-6-25(4)15-21(32-22(30)16-33-19-9-13-28-14-10-19)26(5)17(2)7-11-27(18(3)24(25)31)12-8-20(29)23(26)27/h6,17-19,21,23-24,28,31H,1,7-16H2,2-5H3/t17-,18+,21-,23+,24+,25-,26+,27+/m1/s1. The fourth-order valence-electron chi connectivity index (χ4n) is 7.84. The Morgan fingerprint density at radius 3 is 2.61 bits per heavy atom. The van der Waals surface area contributed by atoms with Crippen molar-refractivity contribution in [1.82, 2.24) is 5.32 Å². The first kappa shape index (κ1) is 25.2. The smallest absolute Gasteiger partial charge is 0.316 e. The minimum absolute atomic E-state index is 0.00380. The van der Waals surface area contributed by atoms with E-state index in [-0.39, 0.29) is 29.1 Å². The average molecular weight is 478 g/mol. The number of carbonyl (C=O) groups excluding carboxylic acids is 2. The maximum atomic E-state index is 13.4. The van der Waals surface area contributed by atoms with Crippen LogP contribution >= 0.6 is 11.8 Å². The molecule has 0 radical (unpaired) electrons. The number of aliphatic hydroxyl groups is 1. The van der Waals surface area contributed by atoms with E-state index in [1.54, 1.807) is 11.8 Å². The molecular weight excluding hydrogens is 434 g/mol. The molecule has 1 heterocycles. The van der Waals surface area contributed by atoms with Crippen molar-refractivity contribution in [2.24, 2.45) is 34.0 Å². The minimum Gasteiger partial charge on any atom is -0.461 e. The number of carbonyl (C=O) groups is 2. The summed E-state index contributed by atoms with van der Waals surface area (Å²) in [4.78, 5) is 26.6. The highest BCUT2D eigenvalue weighted by atomic mass is 32.2. The van der Waals surface area contributed by atoms with Crippen LogP contribution in [0, 0.1) is 34.0 Å². The molecule has 6 heteroatoms. The van der Waals surface area contributed by atoms with Crippen molar-refractivity contribution in [3.8, 4) is 0 Å². The Kier molecular flexibility index (Phi) is 7.12. The Morgan fingerprint density at radius 1 is 1.24 bits per heavy atom. The Bertz CT molecular complexity index is 782. The van der Waals surface area contributed by atoms with Crippen LogP contribution in [0.5, 0.6) is 0 Å². The van der Waals surface area contributed by atoms with Crippen molar-refractivity contribution < 1.29 is 19.4 Å². The summed E-state index contributed by atoms with van der Waals surface area (Å²) in [5.74, 6) is 0.560. The minimum atomic E-state index is -0.619. The molecular formula is C27H43NO4S. The molecule has 0 unspecified atom stereocenters. The summed E-state index contributed by atoms with van der Waals surface area (Å²) < 4.78 is 6.32. The van der Waals surface area contributed by atoms with Gasteiger partial charge in [-0.2, -0.15) is 0 Å². The van der Waals surface area contributed by atoms with Gasteiger partial charge in [0, 0.05) is 28.4 Å². The van der Waals surface area contributed by atoms with Crippen LogP contribution in [0.4, 0.5) is 0 Å². The van der Waals surface area contributed by atoms with E-state index in [0.717, 1.165) is 45.2 Å². The van der Waals surface area contributed by atoms with Crippen LogP contribution in [0.3, 0.4) is 0 Å². The quantitative estimate of drug-likeness (QED) is 0.452. The molecule has 1 aliphatic heterocycles. The maximum absolute atomic E-state index is 13.4. The van der Waals surface area contributed by atoms with Gasteiger partial charge in [0.05, 0.1) is 11.9 Å². The van der Waals surface area contributed by atoms with Crippen molar-refractivity contribution in [2.75, 3.05) is 18.8 Å². The highest BCUT2D eigenvalue weighted by Crippen LogP contribution is 2.68. The number of hydrogen-bond donors (Lipinski definition) is 2. The third-order valence-electron chi connectivity index (χ3n) is 10.3. The van der Waals surface area contributed by atoms with Gasteiger partial charge in [-0.15, -0.1) is 18.3 Å². The van der Waals surface area contributed by atoms with Crippen LogP contribution in [-0.4, -0.2) is 53.2 Å². The van der Waals surface area contributed by atoms with Gasteiger partial charge in [0.15, 0.2) is 0 Å². The van der Waals surface area contributed by atoms with Gasteiger partial charge < -0.3 is 15.2 Å². The number of aliphatic hydroxyl groups excluding tert-OH is 1. The van der Waals surface area contributed by atoms with E-state index in [1.807, 2.05) is 13.0 Å². The SMILES string of the molecule is C=C[C@]1(C)C[C@@H](OC(=O)CSC2CCNCC2)[C@]2(C)[C@H](C)CC[C@]3(CCC(=O)[C@H]32)[C@@H](C)[C@@H]1O. The molecule has 0 aromatic heterocycles. The second-order valence-corrected chi connectivity index (χ2v) is 13.1. The molecule has 5 nitrogen and oxygen atoms in total. The lowest BCUT2D eigenvalue weighted by molar-refractivity contribution is -0.205. The lowest BCUT2D eigenvalue weighted by atomic mass is 9.44. The third kappa shape index (κ3) is 4.12. The summed E-state index contributed by atoms with van der Waals surface area (Å²) in [6.45, 7) is 14.7. The van der Waals surface area contributed by atoms with Crippen molar-refractivity contribution in [2.45, 2.75) is 90.1 Å². The fraction of sp³-hybridized carbons (Fsp3) is 0.852. The van der Waals surface area contributed by atoms with E-state index < -0.39 is 23.0 Å². The monoisotopic (exact) mass is 477 g/mol. The number of Topliss-reactive ketones (excluding diaryl/α,β-unsaturated/α-hetero) is 1. The first-order chi connectivity index (χ1) is 15.6. The van der Waals surface area contributed by atoms with E-state index in [1.165, 1.54) is 0 Å². The zero-order valence-corrected chi connectivity index (χ0v) is 21.7. The largest absolute Gasteiger partial charge is 0.461 e. The highest BCUT2D eigenvalue weighted by Gasteiger charge is 2.68. The molecule has 0 aromatic rings. The van der Waals surface area contributed by atoms with Crippen LogP contribution in [-0.2, 0) is 14.3 Å². The van der Waals surface area contributed by atoms with Gasteiger partial charge in [-0.25, -0.2) is 0 Å². The van der Waals surface area contributed by atoms with E-state index in [9.17, 15) is 14.7 Å². The number of thioether (sulfide) groups is 1. The van der Waals surface area contributed by atoms with E-state index in [2.05, 4.69) is 32.7 Å². The number of ether oxygens (including phenoxy) is 1. The molecule has 0 aromatic carbocycles. The third-order valence-corrected chi connectivity index (χ3v) is 11.6. The molecule has 33 heavy (non-hydrogen) atoms. The predicted molar refractivity (Wildman–Crippen MR) is 133 cm³/mol. The van der Waals surface area contributed by atoms with Gasteiger partial charge in [-0.05, 0) is 68.9 Å². The molecule has 3 aliphatic carbocycles. The second-order valence-electron chi connectivity index (χ2n) is 11.8. The van der Waals surface area contributed by atoms with Crippen LogP contribution in [0.1, 0.15) is 72.6 Å². The Morgan fingerprint density at radius 2 is 1.94 bits per heavy atom. The van der Waals surface area contributed by atoms with Crippen LogP contribution in [0.15, 0.2) is 12.7 Å². The summed E-state index contributed by atoms with van der Waals surface area (Å²) in [6.07, 6.45) is 6.84. The zero-order chi connectivity index (χ0) is 24.0. The van der Waals surface area contributed by atoms with Crippen LogP contribution in [0.25, 0.3) is 0 Å². The van der Waals surface area contributed by atoms with Gasteiger partial charge in [0.2, 0.25) is 0 Å². The molecule has 0 spiro atoms. The molecule has 8 atom stereocenters. The zero-order valence-electron chi connectivity index (χ0n) is 20.9. The van der Waals surface area contributed by atoms with Crippen molar-refractivity contribution in [3.63, 3.8) is 0 Å². The molecule has 2 bridgehead atoms. The van der Waals surface area contributed by atoms with Crippen molar-refractivity contribution in [1.29, 1.82) is 0 Å². The molecule has 2 N–H and O–H groups in total. The van der Waals surface area contributed by atoms with Gasteiger partial charge in [-0.3, -0.25) is 9.59 Å². The fourth-order valence-corrected chi connectivity index (χ4v) is 8.85. The van der Waals surface area contributed by atoms with Crippen LogP contribution in [0.2, 0.25) is 0 Å². The highest BCUT2D eigenvalue weighted by molar-refractivity contribution is 8.00. The summed E-state index contributed by atoms with van der Waals surface area (Å²) in [5, 5.41) is 15.4. The van der Waals surface area contributed by atoms with Gasteiger partial charge in [-0.1, -0.05) is 33.8 Å². The number of piperidine rings is 1. The molecule has 0 amide bonds. The van der Waals surface area contributed by atoms with Crippen molar-refractivity contribution in [3.05, 3.63) is 12.7 Å². The van der Waals surface area contributed by atoms with Gasteiger partial charge >= 0.3 is 5.97 Å². The molecule has 3 saturated carbocycles. The number of rotatable bonds is 5. The molecule has 4 aliphatic rings. The average Bonchev–Trinajstić information content (AvgIpc) is 3.17. The molecule has 4 rings (SSSR count). The number of ketones is 1. The topological polar surface area (TPSA) is 75.6 Å². The predicted octanol–water partition coefficient (Wildman–Crippen LogP) is 4.38. The summed E-state index contributed by atoms with van der Waals surface area (Å²) in [7, 11) is 0. The van der Waals surface area contributed by atoms with E-state index in [4.69, 9.17) is 4.74 Å². The number of nitrogens with one attached hydrogen (secondary N) is 1. The summed E-state index contributed by atoms with van der Waals surface area (Å²) >= 11 is 1.70. The van der Waals surface area contributed by atoms with Crippen molar-refractivity contribution >= 4 is 23.5 Å². The Balaban J connectivity index is 1.66. The summed E-state index contributed by atoms with van der Waals surface area (Å²) in [5.41, 5.74) is -1.23. The lowest BCUT2D eigenvalue weighted by Gasteiger charge is -2.61. The van der Waals surface area contributed by atoms with E-state index in [0.29, 0.717) is 29.6 Å². The molecule has 4 fully saturated rings. The number of esters is 1. The lowest BCUT2D eigenvalue weighted by Crippen LogP contribution is -2.63. The Hall–Kier alpha value is -0.850. The normalized spacial score (nSPS) is 46.2. The van der Waals surface area contributed by atoms with Crippen LogP contribution < -0.4 is 5.32 Å². The first-order valence-electron chi connectivity index (χ1n) is 12.9. The van der Waals surface area contributed by atoms with E-state index >= 15 is 0 Å². The first-order valence-corrected chi connectivity index (χ1v) is 14.0. The number of hydrogen-bond acceptors (Lipinski definition) is 6. The Labute approximate surface area is 203 Å². The maximum Gasteiger partial charge on any atom is 0.316 e.